The highest BCUT2D eigenvalue weighted by Crippen LogP contribution is 2.67. The Bertz CT molecular complexity index is 278. The van der Waals surface area contributed by atoms with Crippen molar-refractivity contribution in [2.45, 2.75) is 47.1 Å². The molecule has 0 saturated heterocycles. The summed E-state index contributed by atoms with van der Waals surface area (Å²) in [5.74, 6) is 0.658. The van der Waals surface area contributed by atoms with E-state index in [1.165, 1.54) is 0 Å². The zero-order valence-electron chi connectivity index (χ0n) is 11.7. The fraction of sp³-hybridized carbons (Fsp3) is 0.923. The number of rotatable bonds is 4. The molecule has 3 nitrogen and oxygen atoms in total. The van der Waals surface area contributed by atoms with Gasteiger partial charge in [-0.1, -0.05) is 27.7 Å². The first-order chi connectivity index (χ1) is 7.07. The molecule has 0 radical (unpaired) electrons. The van der Waals surface area contributed by atoms with Crippen LogP contribution >= 0.6 is 0 Å². The molecule has 0 unspecified atom stereocenters. The summed E-state index contributed by atoms with van der Waals surface area (Å²) in [5, 5.41) is 6.06. The molecule has 0 bridgehead atoms. The smallest absolute Gasteiger partial charge is 0.239 e. The Balaban J connectivity index is 2.47. The normalized spacial score (nSPS) is 22.9. The van der Waals surface area contributed by atoms with Crippen molar-refractivity contribution in [2.24, 2.45) is 16.7 Å². The standard InChI is InChI=1S/C13H26N2O/c1-11(2)9(12(11,3)4)8-15-10(16)13(5,6)14-7/h9,14H,8H2,1-7H3,(H,15,16). The maximum atomic E-state index is 11.9. The average Bonchev–Trinajstić information content (AvgIpc) is 2.54. The lowest BCUT2D eigenvalue weighted by molar-refractivity contribution is -0.126. The predicted molar refractivity (Wildman–Crippen MR) is 67.2 cm³/mol. The third-order valence-corrected chi connectivity index (χ3v) is 4.98. The monoisotopic (exact) mass is 226 g/mol. The average molecular weight is 226 g/mol. The Morgan fingerprint density at radius 1 is 1.19 bits per heavy atom. The van der Waals surface area contributed by atoms with Crippen LogP contribution in [-0.4, -0.2) is 25.0 Å². The molecule has 1 rings (SSSR count). The summed E-state index contributed by atoms with van der Waals surface area (Å²) < 4.78 is 0. The van der Waals surface area contributed by atoms with E-state index in [4.69, 9.17) is 0 Å². The lowest BCUT2D eigenvalue weighted by Gasteiger charge is -2.23. The van der Waals surface area contributed by atoms with Gasteiger partial charge in [0.15, 0.2) is 0 Å². The first-order valence-electron chi connectivity index (χ1n) is 6.04. The Hall–Kier alpha value is -0.570. The minimum atomic E-state index is -0.483. The molecule has 1 aliphatic rings. The van der Waals surface area contributed by atoms with E-state index in [-0.39, 0.29) is 5.91 Å². The predicted octanol–water partition coefficient (Wildman–Crippen LogP) is 1.78. The van der Waals surface area contributed by atoms with Gasteiger partial charge in [-0.05, 0) is 37.6 Å². The quantitative estimate of drug-likeness (QED) is 0.767. The van der Waals surface area contributed by atoms with Crippen LogP contribution in [0.1, 0.15) is 41.5 Å². The summed E-state index contributed by atoms with van der Waals surface area (Å²) in [6.07, 6.45) is 0. The van der Waals surface area contributed by atoms with Gasteiger partial charge in [-0.2, -0.15) is 0 Å². The molecule has 0 heterocycles. The van der Waals surface area contributed by atoms with E-state index in [2.05, 4.69) is 38.3 Å². The summed E-state index contributed by atoms with van der Waals surface area (Å²) in [6, 6.07) is 0. The molecule has 94 valence electrons. The molecule has 1 saturated carbocycles. The number of carbonyl (C=O) groups excluding carboxylic acids is 1. The molecular formula is C13H26N2O. The fourth-order valence-electron chi connectivity index (χ4n) is 2.37. The van der Waals surface area contributed by atoms with Crippen molar-refractivity contribution in [3.63, 3.8) is 0 Å². The Kier molecular flexibility index (Phi) is 3.14. The topological polar surface area (TPSA) is 41.1 Å². The molecule has 2 N–H and O–H groups in total. The number of hydrogen-bond donors (Lipinski definition) is 2. The Morgan fingerprint density at radius 2 is 1.62 bits per heavy atom. The molecule has 0 aromatic rings. The van der Waals surface area contributed by atoms with Crippen LogP contribution in [0.25, 0.3) is 0 Å². The highest BCUT2D eigenvalue weighted by molar-refractivity contribution is 5.85. The lowest BCUT2D eigenvalue weighted by Crippen LogP contribution is -2.51. The van der Waals surface area contributed by atoms with E-state index < -0.39 is 5.54 Å². The lowest BCUT2D eigenvalue weighted by atomic mass is 10.0. The van der Waals surface area contributed by atoms with Gasteiger partial charge in [0.05, 0.1) is 5.54 Å². The SMILES string of the molecule is CNC(C)(C)C(=O)NCC1C(C)(C)C1(C)C. The minimum absolute atomic E-state index is 0.0773. The minimum Gasteiger partial charge on any atom is -0.354 e. The van der Waals surface area contributed by atoms with Gasteiger partial charge < -0.3 is 10.6 Å². The maximum Gasteiger partial charge on any atom is 0.239 e. The van der Waals surface area contributed by atoms with E-state index in [0.717, 1.165) is 6.54 Å². The molecule has 1 amide bonds. The third-order valence-electron chi connectivity index (χ3n) is 4.98. The van der Waals surface area contributed by atoms with Crippen LogP contribution in [0.5, 0.6) is 0 Å². The van der Waals surface area contributed by atoms with E-state index in [9.17, 15) is 4.79 Å². The summed E-state index contributed by atoms with van der Waals surface area (Å²) in [4.78, 5) is 11.9. The van der Waals surface area contributed by atoms with Crippen molar-refractivity contribution < 1.29 is 4.79 Å². The van der Waals surface area contributed by atoms with Gasteiger partial charge in [-0.15, -0.1) is 0 Å². The molecule has 0 spiro atoms. The largest absolute Gasteiger partial charge is 0.354 e. The van der Waals surface area contributed by atoms with Gasteiger partial charge >= 0.3 is 0 Å². The van der Waals surface area contributed by atoms with Crippen molar-refractivity contribution in [3.8, 4) is 0 Å². The van der Waals surface area contributed by atoms with Gasteiger partial charge in [0.25, 0.3) is 0 Å². The van der Waals surface area contributed by atoms with Crippen molar-refractivity contribution in [3.05, 3.63) is 0 Å². The van der Waals surface area contributed by atoms with Crippen LogP contribution < -0.4 is 10.6 Å². The first kappa shape index (κ1) is 13.5. The van der Waals surface area contributed by atoms with Crippen LogP contribution in [0, 0.1) is 16.7 Å². The van der Waals surface area contributed by atoms with Crippen molar-refractivity contribution >= 4 is 5.91 Å². The second-order valence-corrected chi connectivity index (χ2v) is 6.58. The summed E-state index contributed by atoms with van der Waals surface area (Å²) in [7, 11) is 1.81. The molecule has 0 aromatic heterocycles. The molecule has 1 fully saturated rings. The molecular weight excluding hydrogens is 200 g/mol. The van der Waals surface area contributed by atoms with Crippen LogP contribution in [0.4, 0.5) is 0 Å². The molecule has 1 aliphatic carbocycles. The van der Waals surface area contributed by atoms with E-state index in [1.807, 2.05) is 20.9 Å². The zero-order chi connectivity index (χ0) is 12.8. The van der Waals surface area contributed by atoms with Crippen LogP contribution in [0.15, 0.2) is 0 Å². The van der Waals surface area contributed by atoms with E-state index in [1.54, 1.807) is 0 Å². The molecule has 0 aromatic carbocycles. The Morgan fingerprint density at radius 3 is 1.94 bits per heavy atom. The van der Waals surface area contributed by atoms with Crippen LogP contribution in [0.3, 0.4) is 0 Å². The molecule has 3 heteroatoms. The number of amides is 1. The number of carbonyl (C=O) groups is 1. The number of likely N-dealkylation sites (N-methyl/N-ethyl adjacent to an activating group) is 1. The highest BCUT2D eigenvalue weighted by atomic mass is 16.2. The van der Waals surface area contributed by atoms with Crippen molar-refractivity contribution in [1.82, 2.24) is 10.6 Å². The molecule has 0 atom stereocenters. The van der Waals surface area contributed by atoms with E-state index in [0.29, 0.717) is 16.7 Å². The summed E-state index contributed by atoms with van der Waals surface area (Å²) >= 11 is 0. The molecule has 0 aliphatic heterocycles. The van der Waals surface area contributed by atoms with Gasteiger partial charge in [-0.25, -0.2) is 0 Å². The summed E-state index contributed by atoms with van der Waals surface area (Å²) in [5.41, 5.74) is 0.192. The number of nitrogens with one attached hydrogen (secondary N) is 2. The van der Waals surface area contributed by atoms with Gasteiger partial charge in [0.1, 0.15) is 0 Å². The molecule has 16 heavy (non-hydrogen) atoms. The van der Waals surface area contributed by atoms with Crippen LogP contribution in [0.2, 0.25) is 0 Å². The number of hydrogen-bond acceptors (Lipinski definition) is 2. The first-order valence-corrected chi connectivity index (χ1v) is 6.04. The second-order valence-electron chi connectivity index (χ2n) is 6.58. The zero-order valence-corrected chi connectivity index (χ0v) is 11.7. The van der Waals surface area contributed by atoms with Gasteiger partial charge in [0, 0.05) is 6.54 Å². The maximum absolute atomic E-state index is 11.9. The van der Waals surface area contributed by atoms with Gasteiger partial charge in [-0.3, -0.25) is 4.79 Å². The van der Waals surface area contributed by atoms with Gasteiger partial charge in [0.2, 0.25) is 5.91 Å². The summed E-state index contributed by atoms with van der Waals surface area (Å²) in [6.45, 7) is 13.7. The third kappa shape index (κ3) is 1.97. The highest BCUT2D eigenvalue weighted by Gasteiger charge is 2.64. The van der Waals surface area contributed by atoms with Crippen molar-refractivity contribution in [1.29, 1.82) is 0 Å². The van der Waals surface area contributed by atoms with Crippen LogP contribution in [-0.2, 0) is 4.79 Å². The van der Waals surface area contributed by atoms with E-state index >= 15 is 0 Å². The second kappa shape index (κ2) is 3.73. The van der Waals surface area contributed by atoms with Crippen molar-refractivity contribution in [2.75, 3.05) is 13.6 Å². The fourth-order valence-corrected chi connectivity index (χ4v) is 2.37. The Labute approximate surface area is 99.4 Å².